The van der Waals surface area contributed by atoms with Crippen LogP contribution in [0.4, 0.5) is 0 Å². The molecule has 0 bridgehead atoms. The van der Waals surface area contributed by atoms with Crippen LogP contribution in [0.1, 0.15) is 52.2 Å². The van der Waals surface area contributed by atoms with Gasteiger partial charge in [0.15, 0.2) is 0 Å². The number of nitrogens with one attached hydrogen (secondary N) is 1. The van der Waals surface area contributed by atoms with Crippen LogP contribution < -0.4 is 5.32 Å². The smallest absolute Gasteiger partial charge is 0.261 e. The summed E-state index contributed by atoms with van der Waals surface area (Å²) in [5.41, 5.74) is 1.39. The van der Waals surface area contributed by atoms with Crippen LogP contribution >= 0.6 is 11.3 Å². The van der Waals surface area contributed by atoms with Gasteiger partial charge in [-0.25, -0.2) is 0 Å². The first-order chi connectivity index (χ1) is 10.3. The van der Waals surface area contributed by atoms with Crippen molar-refractivity contribution >= 4 is 17.2 Å². The van der Waals surface area contributed by atoms with E-state index < -0.39 is 0 Å². The van der Waals surface area contributed by atoms with Gasteiger partial charge in [0.2, 0.25) is 0 Å². The normalized spacial score (nSPS) is 25.2. The second-order valence-corrected chi connectivity index (χ2v) is 7.25. The lowest BCUT2D eigenvalue weighted by Crippen LogP contribution is -2.32. The van der Waals surface area contributed by atoms with Gasteiger partial charge in [0.1, 0.15) is 0 Å². The van der Waals surface area contributed by atoms with E-state index in [4.69, 9.17) is 5.11 Å². The zero-order valence-electron chi connectivity index (χ0n) is 12.3. The average molecular weight is 305 g/mol. The zero-order chi connectivity index (χ0) is 14.7. The number of aliphatic hydroxyl groups excluding tert-OH is 1. The van der Waals surface area contributed by atoms with Crippen LogP contribution in [0.2, 0.25) is 0 Å². The number of fused-ring (bicyclic) bond motifs is 1. The maximum atomic E-state index is 12.4. The van der Waals surface area contributed by atoms with E-state index in [0.29, 0.717) is 0 Å². The minimum Gasteiger partial charge on any atom is -0.396 e. The third-order valence-corrected chi connectivity index (χ3v) is 5.68. The second-order valence-electron chi connectivity index (χ2n) is 6.12. The summed E-state index contributed by atoms with van der Waals surface area (Å²) >= 11 is 1.67. The molecule has 0 saturated carbocycles. The molecule has 114 valence electrons. The molecule has 0 unspecified atom stereocenters. The molecule has 4 heteroatoms. The number of hydrogen-bond donors (Lipinski definition) is 2. The van der Waals surface area contributed by atoms with Crippen LogP contribution in [-0.2, 0) is 12.8 Å². The highest BCUT2D eigenvalue weighted by Gasteiger charge is 2.22. The Hall–Kier alpha value is -1.13. The highest BCUT2D eigenvalue weighted by Crippen LogP contribution is 2.29. The molecule has 0 aromatic carbocycles. The van der Waals surface area contributed by atoms with Gasteiger partial charge in [0, 0.05) is 23.4 Å². The highest BCUT2D eigenvalue weighted by molar-refractivity contribution is 7.14. The SMILES string of the molecule is O=C(N[C@@H]1C=C[C@H](CO)C1)c1cc2c(s1)CCCCCC2. The van der Waals surface area contributed by atoms with E-state index in [1.165, 1.54) is 36.1 Å². The molecule has 2 aliphatic rings. The Kier molecular flexibility index (Phi) is 4.76. The summed E-state index contributed by atoms with van der Waals surface area (Å²) in [4.78, 5) is 14.7. The van der Waals surface area contributed by atoms with E-state index in [0.717, 1.165) is 24.1 Å². The molecule has 3 rings (SSSR count). The molecule has 0 fully saturated rings. The number of carbonyl (C=O) groups is 1. The molecule has 1 aromatic heterocycles. The van der Waals surface area contributed by atoms with Crippen molar-refractivity contribution in [1.82, 2.24) is 5.32 Å². The van der Waals surface area contributed by atoms with E-state index in [1.807, 2.05) is 12.2 Å². The van der Waals surface area contributed by atoms with Crippen LogP contribution in [0.25, 0.3) is 0 Å². The average Bonchev–Trinajstić information content (AvgIpc) is 3.06. The molecule has 1 heterocycles. The quantitative estimate of drug-likeness (QED) is 0.843. The molecule has 0 spiro atoms. The Labute approximate surface area is 130 Å². The monoisotopic (exact) mass is 305 g/mol. The first kappa shape index (κ1) is 14.8. The van der Waals surface area contributed by atoms with Gasteiger partial charge in [-0.1, -0.05) is 25.0 Å². The van der Waals surface area contributed by atoms with Crippen LogP contribution in [0.5, 0.6) is 0 Å². The van der Waals surface area contributed by atoms with E-state index in [2.05, 4.69) is 11.4 Å². The maximum Gasteiger partial charge on any atom is 0.261 e. The van der Waals surface area contributed by atoms with E-state index >= 15 is 0 Å². The van der Waals surface area contributed by atoms with Gasteiger partial charge in [-0.3, -0.25) is 4.79 Å². The largest absolute Gasteiger partial charge is 0.396 e. The third kappa shape index (κ3) is 3.55. The number of aliphatic hydroxyl groups is 1. The van der Waals surface area contributed by atoms with Crippen molar-refractivity contribution in [2.75, 3.05) is 6.61 Å². The Balaban J connectivity index is 1.65. The summed E-state index contributed by atoms with van der Waals surface area (Å²) in [6.07, 6.45) is 12.2. The van der Waals surface area contributed by atoms with Gasteiger partial charge in [0.25, 0.3) is 5.91 Å². The molecule has 1 aromatic rings. The summed E-state index contributed by atoms with van der Waals surface area (Å²) in [7, 11) is 0. The Morgan fingerprint density at radius 2 is 2.05 bits per heavy atom. The number of hydrogen-bond acceptors (Lipinski definition) is 3. The van der Waals surface area contributed by atoms with Gasteiger partial charge in [-0.2, -0.15) is 0 Å². The highest BCUT2D eigenvalue weighted by atomic mass is 32.1. The number of carbonyl (C=O) groups excluding carboxylic acids is 1. The number of aryl methyl sites for hydroxylation is 2. The molecule has 2 atom stereocenters. The summed E-state index contributed by atoms with van der Waals surface area (Å²) in [6.45, 7) is 0.163. The molecule has 0 saturated heterocycles. The molecule has 21 heavy (non-hydrogen) atoms. The predicted molar refractivity (Wildman–Crippen MR) is 85.8 cm³/mol. The van der Waals surface area contributed by atoms with Crippen molar-refractivity contribution in [2.24, 2.45) is 5.92 Å². The maximum absolute atomic E-state index is 12.4. The summed E-state index contributed by atoms with van der Waals surface area (Å²) < 4.78 is 0. The van der Waals surface area contributed by atoms with Gasteiger partial charge < -0.3 is 10.4 Å². The van der Waals surface area contributed by atoms with Crippen molar-refractivity contribution in [3.63, 3.8) is 0 Å². The standard InChI is InChI=1S/C17H23NO2S/c19-11-12-7-8-14(9-12)18-17(20)16-10-13-5-3-1-2-4-6-15(13)21-16/h7-8,10,12,14,19H,1-6,9,11H2,(H,18,20)/t12-,14+/m0/s1. The summed E-state index contributed by atoms with van der Waals surface area (Å²) in [6, 6.07) is 2.17. The lowest BCUT2D eigenvalue weighted by molar-refractivity contribution is 0.0945. The molecule has 0 radical (unpaired) electrons. The van der Waals surface area contributed by atoms with Crippen LogP contribution in [0.15, 0.2) is 18.2 Å². The fraction of sp³-hybridized carbons (Fsp3) is 0.588. The van der Waals surface area contributed by atoms with Crippen molar-refractivity contribution in [2.45, 2.75) is 51.0 Å². The summed E-state index contributed by atoms with van der Waals surface area (Å²) in [5, 5.41) is 12.2. The van der Waals surface area contributed by atoms with Crippen molar-refractivity contribution < 1.29 is 9.90 Å². The zero-order valence-corrected chi connectivity index (χ0v) is 13.1. The Bertz CT molecular complexity index is 509. The number of thiophene rings is 1. The van der Waals surface area contributed by atoms with Gasteiger partial charge in [-0.05, 0) is 43.7 Å². The second kappa shape index (κ2) is 6.75. The van der Waals surface area contributed by atoms with Gasteiger partial charge >= 0.3 is 0 Å². The molecule has 1 amide bonds. The first-order valence-corrected chi connectivity index (χ1v) is 8.79. The molecule has 3 nitrogen and oxygen atoms in total. The lowest BCUT2D eigenvalue weighted by Gasteiger charge is -2.11. The molecule has 2 aliphatic carbocycles. The van der Waals surface area contributed by atoms with Gasteiger partial charge in [-0.15, -0.1) is 11.3 Å². The van der Waals surface area contributed by atoms with Crippen LogP contribution in [0, 0.1) is 5.92 Å². The van der Waals surface area contributed by atoms with Gasteiger partial charge in [0.05, 0.1) is 4.88 Å². The molecule has 2 N–H and O–H groups in total. The van der Waals surface area contributed by atoms with E-state index in [1.54, 1.807) is 11.3 Å². The summed E-state index contributed by atoms with van der Waals surface area (Å²) in [5.74, 6) is 0.235. The van der Waals surface area contributed by atoms with Crippen molar-refractivity contribution in [1.29, 1.82) is 0 Å². The third-order valence-electron chi connectivity index (χ3n) is 4.44. The minimum absolute atomic E-state index is 0.0417. The van der Waals surface area contributed by atoms with Crippen LogP contribution in [0.3, 0.4) is 0 Å². The van der Waals surface area contributed by atoms with Crippen molar-refractivity contribution in [3.8, 4) is 0 Å². The predicted octanol–water partition coefficient (Wildman–Crippen LogP) is 3.07. The van der Waals surface area contributed by atoms with E-state index in [-0.39, 0.29) is 24.5 Å². The van der Waals surface area contributed by atoms with Crippen LogP contribution in [-0.4, -0.2) is 23.7 Å². The number of rotatable bonds is 3. The number of amides is 1. The van der Waals surface area contributed by atoms with E-state index in [9.17, 15) is 4.79 Å². The minimum atomic E-state index is 0.0417. The Morgan fingerprint density at radius 3 is 2.81 bits per heavy atom. The van der Waals surface area contributed by atoms with Crippen molar-refractivity contribution in [3.05, 3.63) is 33.5 Å². The molecule has 0 aliphatic heterocycles. The lowest BCUT2D eigenvalue weighted by atomic mass is 10.00. The first-order valence-electron chi connectivity index (χ1n) is 7.98. The molecular weight excluding hydrogens is 282 g/mol. The Morgan fingerprint density at radius 1 is 1.24 bits per heavy atom. The topological polar surface area (TPSA) is 49.3 Å². The fourth-order valence-electron chi connectivity index (χ4n) is 3.21. The fourth-order valence-corrected chi connectivity index (χ4v) is 4.37. The molecular formula is C17H23NO2S.